The number of phenolic OH excluding ortho intramolecular Hbond substituents is 2. The Morgan fingerprint density at radius 3 is 1.33 bits per heavy atom. The maximum Gasteiger partial charge on any atom is 0.317 e. The molecule has 14 nitrogen and oxygen atoms in total. The summed E-state index contributed by atoms with van der Waals surface area (Å²) < 4.78 is 0. The quantitative estimate of drug-likeness (QED) is 0.0848. The Bertz CT molecular complexity index is 1130. The first kappa shape index (κ1) is 33.9. The molecule has 0 aliphatic heterocycles. The molecule has 1 unspecified atom stereocenters. The van der Waals surface area contributed by atoms with Crippen LogP contribution in [0, 0.1) is 0 Å². The molecule has 0 spiro atoms. The van der Waals surface area contributed by atoms with Crippen molar-refractivity contribution >= 4 is 11.9 Å². The Kier molecular flexibility index (Phi) is 13.4. The van der Waals surface area contributed by atoms with Gasteiger partial charge in [0.2, 0.25) is 0 Å². The number of aromatic hydroxyl groups is 4. The van der Waals surface area contributed by atoms with E-state index in [1.807, 2.05) is 0 Å². The van der Waals surface area contributed by atoms with Gasteiger partial charge in [-0.3, -0.25) is 19.4 Å². The van der Waals surface area contributed by atoms with E-state index in [0.717, 1.165) is 28.0 Å². The summed E-state index contributed by atoms with van der Waals surface area (Å²) in [5.74, 6) is -4.26. The molecule has 0 fully saturated rings. The number of carbonyl (C=O) groups is 2. The van der Waals surface area contributed by atoms with Crippen molar-refractivity contribution in [1.29, 1.82) is 0 Å². The Labute approximate surface area is 233 Å². The molecule has 2 aromatic carbocycles. The van der Waals surface area contributed by atoms with Crippen molar-refractivity contribution in [2.24, 2.45) is 0 Å². The van der Waals surface area contributed by atoms with E-state index in [2.05, 4.69) is 0 Å². The second kappa shape index (κ2) is 15.5. The van der Waals surface area contributed by atoms with E-state index in [0.29, 0.717) is 0 Å². The standard InChI is InChI=1S/C24H32N2O12.Fe/c27-9-15-1-13(21(33)4-22(15)34)5-25(7-23(35)36)17(11-29)18(12-30)26(8-24(37)38)6-14-2-20(32)16(10-28)3-19(14)31;/h1-4,17-18,27-34H,5-12H2,(H,35,36)(H,37,38);/t17?,18-;/m1./s1. The Morgan fingerprint density at radius 1 is 0.590 bits per heavy atom. The smallest absolute Gasteiger partial charge is 0.317 e. The molecule has 2 rings (SSSR count). The molecule has 0 radical (unpaired) electrons. The summed E-state index contributed by atoms with van der Waals surface area (Å²) >= 11 is 0. The predicted octanol–water partition coefficient (Wildman–Crippen LogP) is -1.31. The van der Waals surface area contributed by atoms with Crippen LogP contribution in [-0.4, -0.2) is 111 Å². The van der Waals surface area contributed by atoms with E-state index >= 15 is 0 Å². The van der Waals surface area contributed by atoms with E-state index < -0.39 is 75.0 Å². The fourth-order valence-electron chi connectivity index (χ4n) is 4.17. The van der Waals surface area contributed by atoms with E-state index in [9.17, 15) is 60.7 Å². The molecule has 0 saturated carbocycles. The zero-order valence-electron chi connectivity index (χ0n) is 20.7. The number of aliphatic carboxylic acids is 2. The molecule has 0 amide bonds. The molecule has 39 heavy (non-hydrogen) atoms. The normalized spacial score (nSPS) is 12.8. The fourth-order valence-corrected chi connectivity index (χ4v) is 4.17. The second-order valence-electron chi connectivity index (χ2n) is 8.63. The van der Waals surface area contributed by atoms with Crippen molar-refractivity contribution < 1.29 is 77.7 Å². The topological polar surface area (TPSA) is 243 Å². The molecule has 0 aromatic heterocycles. The molecule has 2 atom stereocenters. The number of rotatable bonds is 15. The number of hydrogen-bond donors (Lipinski definition) is 10. The van der Waals surface area contributed by atoms with Gasteiger partial charge in [0.15, 0.2) is 0 Å². The van der Waals surface area contributed by atoms with Crippen molar-refractivity contribution in [3.63, 3.8) is 0 Å². The van der Waals surface area contributed by atoms with Gasteiger partial charge in [0.25, 0.3) is 0 Å². The molecule has 218 valence electrons. The molecular weight excluding hydrogens is 564 g/mol. The van der Waals surface area contributed by atoms with Crippen molar-refractivity contribution in [3.05, 3.63) is 46.5 Å². The van der Waals surface area contributed by atoms with Crippen molar-refractivity contribution in [2.45, 2.75) is 38.4 Å². The predicted molar refractivity (Wildman–Crippen MR) is 129 cm³/mol. The maximum atomic E-state index is 11.7. The summed E-state index contributed by atoms with van der Waals surface area (Å²) in [4.78, 5) is 25.6. The summed E-state index contributed by atoms with van der Waals surface area (Å²) in [6.07, 6.45) is 0. The van der Waals surface area contributed by atoms with Crippen molar-refractivity contribution in [1.82, 2.24) is 9.80 Å². The second-order valence-corrected chi connectivity index (χ2v) is 8.63. The third kappa shape index (κ3) is 8.95. The number of benzene rings is 2. The first-order valence-corrected chi connectivity index (χ1v) is 11.4. The minimum atomic E-state index is -1.34. The summed E-state index contributed by atoms with van der Waals surface area (Å²) in [5, 5.41) is 98.7. The Balaban J connectivity index is 0.00000760. The molecule has 0 bridgehead atoms. The average Bonchev–Trinajstić information content (AvgIpc) is 2.84. The first-order chi connectivity index (χ1) is 17.9. The van der Waals surface area contributed by atoms with Gasteiger partial charge in [-0.05, 0) is 18.2 Å². The first-order valence-electron chi connectivity index (χ1n) is 11.4. The van der Waals surface area contributed by atoms with Crippen LogP contribution in [0.1, 0.15) is 22.3 Å². The number of carboxylic acids is 2. The molecule has 0 aliphatic rings. The van der Waals surface area contributed by atoms with Gasteiger partial charge in [-0.15, -0.1) is 0 Å². The van der Waals surface area contributed by atoms with Gasteiger partial charge in [-0.1, -0.05) is 0 Å². The third-order valence-corrected chi connectivity index (χ3v) is 6.08. The number of nitrogens with zero attached hydrogens (tertiary/aromatic N) is 2. The molecule has 2 aromatic rings. The molecule has 0 aliphatic carbocycles. The summed E-state index contributed by atoms with van der Waals surface area (Å²) in [7, 11) is 0. The zero-order valence-corrected chi connectivity index (χ0v) is 21.8. The number of phenols is 4. The summed E-state index contributed by atoms with van der Waals surface area (Å²) in [6.45, 7) is -4.82. The van der Waals surface area contributed by atoms with Gasteiger partial charge in [-0.2, -0.15) is 0 Å². The van der Waals surface area contributed by atoms with E-state index in [1.54, 1.807) is 0 Å². The minimum absolute atomic E-state index is 0. The third-order valence-electron chi connectivity index (χ3n) is 6.08. The molecule has 10 N–H and O–H groups in total. The number of aliphatic hydroxyl groups is 4. The van der Waals surface area contributed by atoms with Crippen LogP contribution in [0.4, 0.5) is 0 Å². The number of hydrogen-bond acceptors (Lipinski definition) is 12. The molecule has 15 heteroatoms. The zero-order chi connectivity index (χ0) is 28.6. The van der Waals surface area contributed by atoms with E-state index in [4.69, 9.17) is 0 Å². The number of carboxylic acid groups (broad SMARTS) is 2. The monoisotopic (exact) mass is 596 g/mol. The van der Waals surface area contributed by atoms with Crippen molar-refractivity contribution in [2.75, 3.05) is 26.3 Å². The van der Waals surface area contributed by atoms with Gasteiger partial charge in [0, 0.05) is 58.5 Å². The van der Waals surface area contributed by atoms with Crippen LogP contribution in [0.25, 0.3) is 0 Å². The Morgan fingerprint density at radius 2 is 0.923 bits per heavy atom. The van der Waals surface area contributed by atoms with Gasteiger partial charge in [-0.25, -0.2) is 0 Å². The average molecular weight is 596 g/mol. The molecule has 0 heterocycles. The van der Waals surface area contributed by atoms with Crippen LogP contribution in [0.15, 0.2) is 24.3 Å². The van der Waals surface area contributed by atoms with Crippen LogP contribution >= 0.6 is 0 Å². The van der Waals surface area contributed by atoms with Gasteiger partial charge in [0.05, 0.1) is 51.6 Å². The van der Waals surface area contributed by atoms with Gasteiger partial charge < -0.3 is 51.1 Å². The molecular formula is C24H32FeN2O12. The van der Waals surface area contributed by atoms with Crippen LogP contribution in [0.5, 0.6) is 23.0 Å². The minimum Gasteiger partial charge on any atom is -0.508 e. The van der Waals surface area contributed by atoms with Crippen LogP contribution in [0.3, 0.4) is 0 Å². The number of aliphatic hydroxyl groups excluding tert-OH is 4. The van der Waals surface area contributed by atoms with Crippen molar-refractivity contribution in [3.8, 4) is 23.0 Å². The van der Waals surface area contributed by atoms with Crippen LogP contribution < -0.4 is 0 Å². The fraction of sp³-hybridized carbons (Fsp3) is 0.417. The summed E-state index contributed by atoms with van der Waals surface area (Å²) in [5.41, 5.74) is 0.174. The Hall–Kier alpha value is -3.14. The summed E-state index contributed by atoms with van der Waals surface area (Å²) in [6, 6.07) is 1.93. The molecule has 0 saturated heterocycles. The maximum absolute atomic E-state index is 11.7. The van der Waals surface area contributed by atoms with Crippen LogP contribution in [-0.2, 0) is 53.0 Å². The van der Waals surface area contributed by atoms with Gasteiger partial charge >= 0.3 is 11.9 Å². The van der Waals surface area contributed by atoms with E-state index in [-0.39, 0.29) is 63.9 Å². The largest absolute Gasteiger partial charge is 0.508 e. The van der Waals surface area contributed by atoms with Gasteiger partial charge in [0.1, 0.15) is 23.0 Å². The van der Waals surface area contributed by atoms with Crippen LogP contribution in [0.2, 0.25) is 0 Å². The SMILES string of the molecule is O=C(O)CN(Cc1cc(CO)c(O)cc1O)C(CO)[C@@H](CO)N(CC(=O)O)Cc1cc(O)c(CO)cc1O.[Fe]. The van der Waals surface area contributed by atoms with E-state index in [1.165, 1.54) is 6.07 Å².